The van der Waals surface area contributed by atoms with Crippen LogP contribution in [0.3, 0.4) is 0 Å². The highest BCUT2D eigenvalue weighted by atomic mass is 14.8. The van der Waals surface area contributed by atoms with Gasteiger partial charge in [-0.3, -0.25) is 0 Å². The predicted octanol–water partition coefficient (Wildman–Crippen LogP) is 1.28. The lowest BCUT2D eigenvalue weighted by Crippen LogP contribution is -2.25. The summed E-state index contributed by atoms with van der Waals surface area (Å²) in [5.41, 5.74) is 6.56. The van der Waals surface area contributed by atoms with Gasteiger partial charge in [-0.1, -0.05) is 6.42 Å². The largest absolute Gasteiger partial charge is 0.327 e. The summed E-state index contributed by atoms with van der Waals surface area (Å²) in [5.74, 6) is 0. The number of nitrogens with two attached hydrogens (primary N) is 1. The molecular weight excluding hydrogens is 98.1 g/mol. The highest BCUT2D eigenvalue weighted by molar-refractivity contribution is 5.04. The SMILES string of the molecule is NC1CCCC12CC2. The molecule has 2 N–H and O–H groups in total. The van der Waals surface area contributed by atoms with Crippen molar-refractivity contribution < 1.29 is 0 Å². The maximum Gasteiger partial charge on any atom is 0.00955 e. The number of hydrogen-bond donors (Lipinski definition) is 1. The fourth-order valence-corrected chi connectivity index (χ4v) is 1.95. The van der Waals surface area contributed by atoms with Crippen molar-refractivity contribution in [2.75, 3.05) is 0 Å². The minimum atomic E-state index is 0.572. The van der Waals surface area contributed by atoms with Gasteiger partial charge >= 0.3 is 0 Å². The molecule has 2 fully saturated rings. The lowest BCUT2D eigenvalue weighted by atomic mass is 10.0. The molecule has 46 valence electrons. The molecule has 8 heavy (non-hydrogen) atoms. The van der Waals surface area contributed by atoms with Gasteiger partial charge in [0.1, 0.15) is 0 Å². The van der Waals surface area contributed by atoms with E-state index in [1.165, 1.54) is 32.1 Å². The fourth-order valence-electron chi connectivity index (χ4n) is 1.95. The molecule has 2 saturated carbocycles. The van der Waals surface area contributed by atoms with Gasteiger partial charge in [-0.15, -0.1) is 0 Å². The molecule has 1 nitrogen and oxygen atoms in total. The molecule has 1 atom stereocenters. The third-order valence-electron chi connectivity index (χ3n) is 2.87. The van der Waals surface area contributed by atoms with Crippen molar-refractivity contribution in [1.82, 2.24) is 0 Å². The Morgan fingerprint density at radius 3 is 2.25 bits per heavy atom. The summed E-state index contributed by atoms with van der Waals surface area (Å²) in [4.78, 5) is 0. The Balaban J connectivity index is 2.12. The second kappa shape index (κ2) is 1.27. The van der Waals surface area contributed by atoms with Crippen LogP contribution in [0.5, 0.6) is 0 Å². The average Bonchev–Trinajstić information content (AvgIpc) is 2.39. The van der Waals surface area contributed by atoms with Crippen LogP contribution in [0.25, 0.3) is 0 Å². The first-order valence-corrected chi connectivity index (χ1v) is 3.59. The molecule has 0 amide bonds. The van der Waals surface area contributed by atoms with Gasteiger partial charge in [-0.2, -0.15) is 0 Å². The maximum atomic E-state index is 5.88. The molecule has 0 heterocycles. The normalized spacial score (nSPS) is 40.9. The number of hydrogen-bond acceptors (Lipinski definition) is 1. The molecule has 2 aliphatic rings. The Bertz CT molecular complexity index is 105. The third kappa shape index (κ3) is 0.455. The molecule has 1 spiro atoms. The van der Waals surface area contributed by atoms with Crippen molar-refractivity contribution in [3.63, 3.8) is 0 Å². The fraction of sp³-hybridized carbons (Fsp3) is 1.00. The van der Waals surface area contributed by atoms with Crippen LogP contribution < -0.4 is 5.73 Å². The summed E-state index contributed by atoms with van der Waals surface area (Å²) < 4.78 is 0. The second-order valence-corrected chi connectivity index (χ2v) is 3.36. The molecule has 0 bridgehead atoms. The average molecular weight is 111 g/mol. The zero-order valence-corrected chi connectivity index (χ0v) is 5.19. The van der Waals surface area contributed by atoms with Crippen molar-refractivity contribution in [2.24, 2.45) is 11.1 Å². The van der Waals surface area contributed by atoms with E-state index in [0.717, 1.165) is 0 Å². The van der Waals surface area contributed by atoms with E-state index in [1.54, 1.807) is 0 Å². The molecule has 0 saturated heterocycles. The van der Waals surface area contributed by atoms with Gasteiger partial charge < -0.3 is 5.73 Å². The van der Waals surface area contributed by atoms with Gasteiger partial charge in [0.25, 0.3) is 0 Å². The van der Waals surface area contributed by atoms with E-state index in [4.69, 9.17) is 5.73 Å². The van der Waals surface area contributed by atoms with E-state index in [-0.39, 0.29) is 0 Å². The minimum Gasteiger partial charge on any atom is -0.327 e. The third-order valence-corrected chi connectivity index (χ3v) is 2.87. The van der Waals surface area contributed by atoms with Crippen LogP contribution in [0.2, 0.25) is 0 Å². The monoisotopic (exact) mass is 111 g/mol. The first-order valence-electron chi connectivity index (χ1n) is 3.59. The minimum absolute atomic E-state index is 0.572. The van der Waals surface area contributed by atoms with E-state index >= 15 is 0 Å². The van der Waals surface area contributed by atoms with E-state index in [2.05, 4.69) is 0 Å². The molecule has 0 aromatic carbocycles. The summed E-state index contributed by atoms with van der Waals surface area (Å²) in [6.07, 6.45) is 6.96. The molecule has 2 rings (SSSR count). The standard InChI is InChI=1S/C7H13N/c8-6-2-1-3-7(6)4-5-7/h6H,1-5,8H2. The van der Waals surface area contributed by atoms with Gasteiger partial charge in [-0.25, -0.2) is 0 Å². The maximum absolute atomic E-state index is 5.88. The Hall–Kier alpha value is -0.0400. The van der Waals surface area contributed by atoms with Gasteiger partial charge in [0.15, 0.2) is 0 Å². The van der Waals surface area contributed by atoms with Crippen LogP contribution in [-0.4, -0.2) is 6.04 Å². The topological polar surface area (TPSA) is 26.0 Å². The van der Waals surface area contributed by atoms with Gasteiger partial charge in [0, 0.05) is 6.04 Å². The Kier molecular flexibility index (Phi) is 0.762. The summed E-state index contributed by atoms with van der Waals surface area (Å²) in [7, 11) is 0. The molecule has 0 aromatic rings. The smallest absolute Gasteiger partial charge is 0.00955 e. The van der Waals surface area contributed by atoms with Crippen LogP contribution in [0, 0.1) is 5.41 Å². The van der Waals surface area contributed by atoms with Crippen LogP contribution in [-0.2, 0) is 0 Å². The van der Waals surface area contributed by atoms with Gasteiger partial charge in [-0.05, 0) is 31.1 Å². The zero-order chi connectivity index (χ0) is 5.61. The summed E-state index contributed by atoms with van der Waals surface area (Å²) in [6.45, 7) is 0. The van der Waals surface area contributed by atoms with E-state index in [0.29, 0.717) is 11.5 Å². The summed E-state index contributed by atoms with van der Waals surface area (Å²) in [5, 5.41) is 0. The first-order chi connectivity index (χ1) is 3.83. The van der Waals surface area contributed by atoms with Crippen molar-refractivity contribution in [3.8, 4) is 0 Å². The molecule has 1 unspecified atom stereocenters. The van der Waals surface area contributed by atoms with Crippen LogP contribution >= 0.6 is 0 Å². The highest BCUT2D eigenvalue weighted by Crippen LogP contribution is 2.56. The summed E-state index contributed by atoms with van der Waals surface area (Å²) >= 11 is 0. The van der Waals surface area contributed by atoms with Crippen molar-refractivity contribution in [1.29, 1.82) is 0 Å². The van der Waals surface area contributed by atoms with Gasteiger partial charge in [0.2, 0.25) is 0 Å². The van der Waals surface area contributed by atoms with Crippen molar-refractivity contribution in [3.05, 3.63) is 0 Å². The van der Waals surface area contributed by atoms with Crippen LogP contribution in [0.1, 0.15) is 32.1 Å². The lowest BCUT2D eigenvalue weighted by Gasteiger charge is -2.10. The lowest BCUT2D eigenvalue weighted by molar-refractivity contribution is 0.462. The molecule has 0 radical (unpaired) electrons. The molecule has 0 aromatic heterocycles. The quantitative estimate of drug-likeness (QED) is 0.500. The Morgan fingerprint density at radius 1 is 1.25 bits per heavy atom. The second-order valence-electron chi connectivity index (χ2n) is 3.36. The predicted molar refractivity (Wildman–Crippen MR) is 33.5 cm³/mol. The first kappa shape index (κ1) is 4.80. The van der Waals surface area contributed by atoms with Crippen molar-refractivity contribution >= 4 is 0 Å². The molecule has 2 aliphatic carbocycles. The zero-order valence-electron chi connectivity index (χ0n) is 5.19. The van der Waals surface area contributed by atoms with Crippen LogP contribution in [0.15, 0.2) is 0 Å². The van der Waals surface area contributed by atoms with Gasteiger partial charge in [0.05, 0.1) is 0 Å². The van der Waals surface area contributed by atoms with Crippen molar-refractivity contribution in [2.45, 2.75) is 38.1 Å². The Morgan fingerprint density at radius 2 is 2.00 bits per heavy atom. The molecular formula is C7H13N. The van der Waals surface area contributed by atoms with E-state index in [9.17, 15) is 0 Å². The summed E-state index contributed by atoms with van der Waals surface area (Å²) in [6, 6.07) is 0.572. The molecule has 1 heteroatoms. The highest BCUT2D eigenvalue weighted by Gasteiger charge is 2.49. The molecule has 0 aliphatic heterocycles. The van der Waals surface area contributed by atoms with Crippen LogP contribution in [0.4, 0.5) is 0 Å². The number of rotatable bonds is 0. The van der Waals surface area contributed by atoms with E-state index < -0.39 is 0 Å². The Labute approximate surface area is 50.3 Å². The van der Waals surface area contributed by atoms with E-state index in [1.807, 2.05) is 0 Å².